The highest BCUT2D eigenvalue weighted by molar-refractivity contribution is 5.15. The quantitative estimate of drug-likeness (QED) is 0.791. The molecule has 0 saturated heterocycles. The maximum absolute atomic E-state index is 5.61. The topological polar surface area (TPSA) is 61.0 Å². The minimum Gasteiger partial charge on any atom is -0.375 e. The molecule has 15 heavy (non-hydrogen) atoms. The van der Waals surface area contributed by atoms with Crippen molar-refractivity contribution in [2.24, 2.45) is 5.73 Å². The summed E-state index contributed by atoms with van der Waals surface area (Å²) < 4.78 is 5.34. The van der Waals surface area contributed by atoms with Crippen molar-refractivity contribution in [3.8, 4) is 0 Å². The van der Waals surface area contributed by atoms with Gasteiger partial charge in [0.1, 0.15) is 5.82 Å². The first kappa shape index (κ1) is 10.5. The van der Waals surface area contributed by atoms with E-state index in [0.29, 0.717) is 25.7 Å². The van der Waals surface area contributed by atoms with E-state index in [1.54, 1.807) is 0 Å². The Balaban J connectivity index is 2.16. The smallest absolute Gasteiger partial charge is 0.132 e. The fourth-order valence-electron chi connectivity index (χ4n) is 1.49. The van der Waals surface area contributed by atoms with E-state index < -0.39 is 0 Å². The van der Waals surface area contributed by atoms with Gasteiger partial charge in [-0.25, -0.2) is 9.97 Å². The van der Waals surface area contributed by atoms with Crippen LogP contribution in [0.3, 0.4) is 0 Å². The van der Waals surface area contributed by atoms with Gasteiger partial charge in [0.15, 0.2) is 0 Å². The SMILES string of the molecule is CCOCc1cc(CN)nc(C2CC2)n1. The van der Waals surface area contributed by atoms with Crippen LogP contribution in [-0.2, 0) is 17.9 Å². The second-order valence-corrected chi connectivity index (χ2v) is 3.82. The molecule has 0 unspecified atom stereocenters. The fourth-order valence-corrected chi connectivity index (χ4v) is 1.49. The van der Waals surface area contributed by atoms with E-state index in [2.05, 4.69) is 9.97 Å². The molecular formula is C11H17N3O. The zero-order valence-electron chi connectivity index (χ0n) is 9.07. The molecule has 0 bridgehead atoms. The Morgan fingerprint density at radius 1 is 1.40 bits per heavy atom. The lowest BCUT2D eigenvalue weighted by molar-refractivity contribution is 0.131. The van der Waals surface area contributed by atoms with Crippen molar-refractivity contribution in [2.45, 2.75) is 38.8 Å². The van der Waals surface area contributed by atoms with Gasteiger partial charge in [0, 0.05) is 19.1 Å². The van der Waals surface area contributed by atoms with Gasteiger partial charge in [-0.15, -0.1) is 0 Å². The number of nitrogens with zero attached hydrogens (tertiary/aromatic N) is 2. The Bertz CT molecular complexity index is 337. The van der Waals surface area contributed by atoms with Gasteiger partial charge < -0.3 is 10.5 Å². The fraction of sp³-hybridized carbons (Fsp3) is 0.636. The number of ether oxygens (including phenoxy) is 1. The summed E-state index contributed by atoms with van der Waals surface area (Å²) in [6.45, 7) is 3.72. The molecule has 4 nitrogen and oxygen atoms in total. The molecule has 0 spiro atoms. The van der Waals surface area contributed by atoms with Gasteiger partial charge in [0.2, 0.25) is 0 Å². The van der Waals surface area contributed by atoms with Gasteiger partial charge in [0.25, 0.3) is 0 Å². The van der Waals surface area contributed by atoms with Crippen molar-refractivity contribution < 1.29 is 4.74 Å². The average molecular weight is 207 g/mol. The maximum Gasteiger partial charge on any atom is 0.132 e. The van der Waals surface area contributed by atoms with Crippen LogP contribution in [0.2, 0.25) is 0 Å². The molecule has 1 aromatic heterocycles. The Labute approximate surface area is 89.9 Å². The third-order valence-corrected chi connectivity index (χ3v) is 2.46. The van der Waals surface area contributed by atoms with Crippen LogP contribution in [0.25, 0.3) is 0 Å². The van der Waals surface area contributed by atoms with Crippen molar-refractivity contribution in [2.75, 3.05) is 6.61 Å². The van der Waals surface area contributed by atoms with Gasteiger partial charge in [-0.05, 0) is 25.8 Å². The maximum atomic E-state index is 5.61. The molecule has 1 saturated carbocycles. The second kappa shape index (κ2) is 4.68. The van der Waals surface area contributed by atoms with Crippen LogP contribution in [0.1, 0.15) is 42.9 Å². The number of nitrogens with two attached hydrogens (primary N) is 1. The van der Waals surface area contributed by atoms with E-state index in [-0.39, 0.29) is 0 Å². The molecule has 1 aromatic rings. The predicted octanol–water partition coefficient (Wildman–Crippen LogP) is 1.35. The van der Waals surface area contributed by atoms with Gasteiger partial charge in [0.05, 0.1) is 18.0 Å². The van der Waals surface area contributed by atoms with Gasteiger partial charge in [-0.1, -0.05) is 0 Å². The molecule has 1 heterocycles. The van der Waals surface area contributed by atoms with E-state index in [1.807, 2.05) is 13.0 Å². The number of rotatable bonds is 5. The monoisotopic (exact) mass is 207 g/mol. The first-order chi connectivity index (χ1) is 7.33. The summed E-state index contributed by atoms with van der Waals surface area (Å²) >= 11 is 0. The van der Waals surface area contributed by atoms with Crippen LogP contribution in [0.5, 0.6) is 0 Å². The van der Waals surface area contributed by atoms with E-state index in [0.717, 1.165) is 17.2 Å². The first-order valence-corrected chi connectivity index (χ1v) is 5.48. The molecule has 2 N–H and O–H groups in total. The highest BCUT2D eigenvalue weighted by Gasteiger charge is 2.27. The molecule has 82 valence electrons. The van der Waals surface area contributed by atoms with Crippen LogP contribution in [0.15, 0.2) is 6.07 Å². The van der Waals surface area contributed by atoms with Crippen LogP contribution in [0, 0.1) is 0 Å². The normalized spacial score (nSPS) is 15.6. The Hall–Kier alpha value is -1.00. The molecule has 4 heteroatoms. The summed E-state index contributed by atoms with van der Waals surface area (Å²) in [5.74, 6) is 1.52. The largest absolute Gasteiger partial charge is 0.375 e. The molecule has 0 radical (unpaired) electrons. The summed E-state index contributed by atoms with van der Waals surface area (Å²) in [5, 5.41) is 0. The lowest BCUT2D eigenvalue weighted by Gasteiger charge is -2.06. The van der Waals surface area contributed by atoms with Crippen LogP contribution in [-0.4, -0.2) is 16.6 Å². The lowest BCUT2D eigenvalue weighted by Crippen LogP contribution is -2.07. The third kappa shape index (κ3) is 2.73. The molecular weight excluding hydrogens is 190 g/mol. The Morgan fingerprint density at radius 3 is 2.73 bits per heavy atom. The standard InChI is InChI=1S/C11H17N3O/c1-2-15-7-10-5-9(6-12)13-11(14-10)8-3-4-8/h5,8H,2-4,6-7,12H2,1H3. The number of hydrogen-bond donors (Lipinski definition) is 1. The molecule has 0 aromatic carbocycles. The summed E-state index contributed by atoms with van der Waals surface area (Å²) in [6.07, 6.45) is 2.42. The van der Waals surface area contributed by atoms with Crippen molar-refractivity contribution in [1.82, 2.24) is 9.97 Å². The molecule has 2 rings (SSSR count). The molecule has 1 fully saturated rings. The molecule has 1 aliphatic rings. The zero-order chi connectivity index (χ0) is 10.7. The van der Waals surface area contributed by atoms with E-state index >= 15 is 0 Å². The number of aromatic nitrogens is 2. The molecule has 0 aliphatic heterocycles. The minimum absolute atomic E-state index is 0.474. The lowest BCUT2D eigenvalue weighted by atomic mass is 10.3. The van der Waals surface area contributed by atoms with E-state index in [9.17, 15) is 0 Å². The van der Waals surface area contributed by atoms with Gasteiger partial charge in [-0.2, -0.15) is 0 Å². The minimum atomic E-state index is 0.474. The highest BCUT2D eigenvalue weighted by atomic mass is 16.5. The average Bonchev–Trinajstić information content (AvgIpc) is 3.09. The van der Waals surface area contributed by atoms with Crippen molar-refractivity contribution in [1.29, 1.82) is 0 Å². The zero-order valence-corrected chi connectivity index (χ0v) is 9.07. The van der Waals surface area contributed by atoms with Gasteiger partial charge in [-0.3, -0.25) is 0 Å². The summed E-state index contributed by atoms with van der Waals surface area (Å²) in [5.41, 5.74) is 7.48. The van der Waals surface area contributed by atoms with Crippen molar-refractivity contribution in [3.05, 3.63) is 23.3 Å². The summed E-state index contributed by atoms with van der Waals surface area (Å²) in [7, 11) is 0. The molecule has 1 aliphatic carbocycles. The Morgan fingerprint density at radius 2 is 2.13 bits per heavy atom. The number of hydrogen-bond acceptors (Lipinski definition) is 4. The van der Waals surface area contributed by atoms with Crippen molar-refractivity contribution >= 4 is 0 Å². The first-order valence-electron chi connectivity index (χ1n) is 5.48. The molecule has 0 amide bonds. The van der Waals surface area contributed by atoms with E-state index in [4.69, 9.17) is 10.5 Å². The van der Waals surface area contributed by atoms with E-state index in [1.165, 1.54) is 12.8 Å². The summed E-state index contributed by atoms with van der Waals surface area (Å²) in [6, 6.07) is 1.93. The van der Waals surface area contributed by atoms with Gasteiger partial charge >= 0.3 is 0 Å². The summed E-state index contributed by atoms with van der Waals surface area (Å²) in [4.78, 5) is 8.92. The van der Waals surface area contributed by atoms with Crippen LogP contribution < -0.4 is 5.73 Å². The second-order valence-electron chi connectivity index (χ2n) is 3.82. The van der Waals surface area contributed by atoms with Crippen molar-refractivity contribution in [3.63, 3.8) is 0 Å². The predicted molar refractivity (Wildman–Crippen MR) is 57.2 cm³/mol. The highest BCUT2D eigenvalue weighted by Crippen LogP contribution is 2.38. The Kier molecular flexibility index (Phi) is 3.28. The van der Waals surface area contributed by atoms with Crippen LogP contribution in [0.4, 0.5) is 0 Å². The van der Waals surface area contributed by atoms with Crippen LogP contribution >= 0.6 is 0 Å². The third-order valence-electron chi connectivity index (χ3n) is 2.46. The molecule has 0 atom stereocenters.